The van der Waals surface area contributed by atoms with Crippen LogP contribution in [0.2, 0.25) is 0 Å². The molecule has 0 saturated carbocycles. The van der Waals surface area contributed by atoms with Gasteiger partial charge in [-0.25, -0.2) is 0 Å². The summed E-state index contributed by atoms with van der Waals surface area (Å²) >= 11 is 1.84. The van der Waals surface area contributed by atoms with Gasteiger partial charge in [0.1, 0.15) is 0 Å². The summed E-state index contributed by atoms with van der Waals surface area (Å²) in [5, 5.41) is 0. The zero-order chi connectivity index (χ0) is 38.2. The Morgan fingerprint density at radius 2 is 0.386 bits per heavy atom. The summed E-state index contributed by atoms with van der Waals surface area (Å²) in [7, 11) is 0. The maximum atomic E-state index is 2.28. The van der Waals surface area contributed by atoms with E-state index in [9.17, 15) is 0 Å². The zero-order valence-electron chi connectivity index (χ0n) is 31.5. The molecule has 0 aliphatic carbocycles. The molecule has 0 aliphatic heterocycles. The monoisotopic (exact) mass is 744 g/mol. The summed E-state index contributed by atoms with van der Waals surface area (Å²) in [5.41, 5.74) is 16.9. The van der Waals surface area contributed by atoms with E-state index in [0.717, 1.165) is 0 Å². The Kier molecular flexibility index (Phi) is 10.5. The van der Waals surface area contributed by atoms with Crippen LogP contribution in [0.1, 0.15) is 44.5 Å². The van der Waals surface area contributed by atoms with Gasteiger partial charge in [-0.3, -0.25) is 0 Å². The van der Waals surface area contributed by atoms with Gasteiger partial charge in [0.05, 0.1) is 0 Å². The molecule has 8 aromatic carbocycles. The van der Waals surface area contributed by atoms with Gasteiger partial charge >= 0.3 is 0 Å². The van der Waals surface area contributed by atoms with E-state index in [2.05, 4.69) is 243 Å². The van der Waals surface area contributed by atoms with E-state index in [1.807, 2.05) is 11.3 Å². The van der Waals surface area contributed by atoms with Crippen LogP contribution in [0.5, 0.6) is 0 Å². The third kappa shape index (κ3) is 7.75. The lowest BCUT2D eigenvalue weighted by molar-refractivity contribution is 1.50. The van der Waals surface area contributed by atoms with Crippen molar-refractivity contribution in [2.24, 2.45) is 0 Å². The fourth-order valence-electron chi connectivity index (χ4n) is 7.70. The minimum Gasteiger partial charge on any atom is -0.135 e. The molecule has 0 unspecified atom stereocenters. The predicted octanol–water partition coefficient (Wildman–Crippen LogP) is 15.1. The van der Waals surface area contributed by atoms with Crippen molar-refractivity contribution in [3.05, 3.63) is 287 Å². The van der Waals surface area contributed by atoms with Crippen LogP contribution in [-0.2, 0) is 0 Å². The van der Waals surface area contributed by atoms with Crippen LogP contribution in [0.15, 0.2) is 243 Å². The normalized spacial score (nSPS) is 10.8. The van der Waals surface area contributed by atoms with Crippen molar-refractivity contribution >= 4 is 33.6 Å². The molecular weight excluding hydrogens is 705 g/mol. The highest BCUT2D eigenvalue weighted by Gasteiger charge is 2.18. The second kappa shape index (κ2) is 16.8. The Morgan fingerprint density at radius 3 is 0.596 bits per heavy atom. The Bertz CT molecular complexity index is 2470. The topological polar surface area (TPSA) is 0 Å². The van der Waals surface area contributed by atoms with E-state index in [4.69, 9.17) is 0 Å². The minimum absolute atomic E-state index is 1.19. The first-order valence-electron chi connectivity index (χ1n) is 19.4. The number of hydrogen-bond donors (Lipinski definition) is 0. The van der Waals surface area contributed by atoms with E-state index in [1.165, 1.54) is 87.7 Å². The molecule has 0 atom stereocenters. The van der Waals surface area contributed by atoms with Gasteiger partial charge in [-0.05, 0) is 90.1 Å². The van der Waals surface area contributed by atoms with Crippen molar-refractivity contribution in [3.63, 3.8) is 0 Å². The molecule has 0 fully saturated rings. The number of benzene rings is 8. The van der Waals surface area contributed by atoms with Gasteiger partial charge in [-0.1, -0.05) is 231 Å². The SMILES string of the molecule is c1ccc(C(=C(c2ccccc2)c2ccc(-c3ccc(-c4ccc(C(=C(c5ccccc5)c5ccccc5)c5ccccc5)cc4)s3)cc2)c2ccccc2)cc1. The Labute approximate surface area is 340 Å². The summed E-state index contributed by atoms with van der Waals surface area (Å²) in [4.78, 5) is 2.50. The van der Waals surface area contributed by atoms with Crippen LogP contribution in [0.4, 0.5) is 0 Å². The van der Waals surface area contributed by atoms with Crippen LogP contribution in [0, 0.1) is 0 Å². The first-order chi connectivity index (χ1) is 28.3. The molecule has 0 saturated heterocycles. The fourth-order valence-corrected chi connectivity index (χ4v) is 8.72. The van der Waals surface area contributed by atoms with Gasteiger partial charge in [0.25, 0.3) is 0 Å². The maximum Gasteiger partial charge on any atom is 0.0349 e. The molecule has 0 N–H and O–H groups in total. The van der Waals surface area contributed by atoms with Gasteiger partial charge in [0.2, 0.25) is 0 Å². The Balaban J connectivity index is 1.08. The van der Waals surface area contributed by atoms with Crippen LogP contribution >= 0.6 is 11.3 Å². The molecule has 1 heteroatoms. The molecule has 1 aromatic heterocycles. The van der Waals surface area contributed by atoms with E-state index >= 15 is 0 Å². The van der Waals surface area contributed by atoms with Gasteiger partial charge in [0, 0.05) is 9.75 Å². The first kappa shape index (κ1) is 35.6. The number of hydrogen-bond acceptors (Lipinski definition) is 1. The van der Waals surface area contributed by atoms with Crippen molar-refractivity contribution in [2.75, 3.05) is 0 Å². The molecule has 0 radical (unpaired) electrons. The average Bonchev–Trinajstić information content (AvgIpc) is 3.80. The number of thiophene rings is 1. The molecule has 270 valence electrons. The maximum absolute atomic E-state index is 2.28. The standard InChI is InChI=1S/C56H40S/c1-7-19-43(20-8-1)53(44-21-9-2-10-22-44)55(47-27-15-5-16-28-47)49-35-31-41(32-36-49)51-39-40-52(57-51)42-33-37-50(38-34-42)56(48-29-17-6-18-30-48)54(45-23-11-3-12-24-45)46-25-13-4-14-26-46/h1-40H. The first-order valence-corrected chi connectivity index (χ1v) is 20.2. The van der Waals surface area contributed by atoms with E-state index in [0.29, 0.717) is 0 Å². The molecule has 0 aliphatic rings. The summed E-state index contributed by atoms with van der Waals surface area (Å²) < 4.78 is 0. The second-order valence-corrected chi connectivity index (χ2v) is 15.1. The highest BCUT2D eigenvalue weighted by atomic mass is 32.1. The van der Waals surface area contributed by atoms with E-state index < -0.39 is 0 Å². The minimum atomic E-state index is 1.19. The molecular formula is C56H40S. The quantitative estimate of drug-likeness (QED) is 0.122. The highest BCUT2D eigenvalue weighted by Crippen LogP contribution is 2.41. The van der Waals surface area contributed by atoms with Gasteiger partial charge < -0.3 is 0 Å². The van der Waals surface area contributed by atoms with Crippen molar-refractivity contribution in [2.45, 2.75) is 0 Å². The second-order valence-electron chi connectivity index (χ2n) is 14.0. The van der Waals surface area contributed by atoms with Gasteiger partial charge in [-0.2, -0.15) is 0 Å². The Morgan fingerprint density at radius 1 is 0.193 bits per heavy atom. The van der Waals surface area contributed by atoms with Crippen LogP contribution in [-0.4, -0.2) is 0 Å². The van der Waals surface area contributed by atoms with Gasteiger partial charge in [-0.15, -0.1) is 11.3 Å². The smallest absolute Gasteiger partial charge is 0.0349 e. The molecule has 0 spiro atoms. The lowest BCUT2D eigenvalue weighted by atomic mass is 9.85. The molecule has 0 nitrogen and oxygen atoms in total. The Hall–Kier alpha value is -7.06. The highest BCUT2D eigenvalue weighted by molar-refractivity contribution is 7.18. The number of rotatable bonds is 10. The van der Waals surface area contributed by atoms with E-state index in [-0.39, 0.29) is 0 Å². The molecule has 9 aromatic rings. The van der Waals surface area contributed by atoms with Crippen molar-refractivity contribution < 1.29 is 0 Å². The summed E-state index contributed by atoms with van der Waals surface area (Å²) in [5.74, 6) is 0. The lowest BCUT2D eigenvalue weighted by Crippen LogP contribution is -1.97. The van der Waals surface area contributed by atoms with Crippen molar-refractivity contribution in [1.82, 2.24) is 0 Å². The summed E-state index contributed by atoms with van der Waals surface area (Å²) in [6.45, 7) is 0. The fraction of sp³-hybridized carbons (Fsp3) is 0. The van der Waals surface area contributed by atoms with Gasteiger partial charge in [0.15, 0.2) is 0 Å². The largest absolute Gasteiger partial charge is 0.135 e. The zero-order valence-corrected chi connectivity index (χ0v) is 32.3. The van der Waals surface area contributed by atoms with Crippen molar-refractivity contribution in [1.29, 1.82) is 0 Å². The third-order valence-corrected chi connectivity index (χ3v) is 11.6. The average molecular weight is 745 g/mol. The molecule has 57 heavy (non-hydrogen) atoms. The summed E-state index contributed by atoms with van der Waals surface area (Å²) in [6, 6.07) is 87.3. The molecule has 9 rings (SSSR count). The van der Waals surface area contributed by atoms with Crippen LogP contribution < -0.4 is 0 Å². The predicted molar refractivity (Wildman–Crippen MR) is 244 cm³/mol. The molecule has 0 amide bonds. The third-order valence-electron chi connectivity index (χ3n) is 10.4. The van der Waals surface area contributed by atoms with E-state index in [1.54, 1.807) is 0 Å². The van der Waals surface area contributed by atoms with Crippen molar-refractivity contribution in [3.8, 4) is 20.9 Å². The van der Waals surface area contributed by atoms with Crippen LogP contribution in [0.25, 0.3) is 43.2 Å². The summed E-state index contributed by atoms with van der Waals surface area (Å²) in [6.07, 6.45) is 0. The molecule has 0 bridgehead atoms. The lowest BCUT2D eigenvalue weighted by Gasteiger charge is -2.18. The molecule has 1 heterocycles. The van der Waals surface area contributed by atoms with Crippen LogP contribution in [0.3, 0.4) is 0 Å².